The third-order valence-corrected chi connectivity index (χ3v) is 3.29. The zero-order valence-corrected chi connectivity index (χ0v) is 11.4. The lowest BCUT2D eigenvalue weighted by atomic mass is 9.95. The van der Waals surface area contributed by atoms with Gasteiger partial charge in [-0.3, -0.25) is 0 Å². The molecule has 1 aromatic carbocycles. The van der Waals surface area contributed by atoms with Crippen LogP contribution in [0.3, 0.4) is 0 Å². The van der Waals surface area contributed by atoms with E-state index in [9.17, 15) is 25.5 Å². The minimum absolute atomic E-state index is 0.0390. The highest BCUT2D eigenvalue weighted by atomic mass is 35.5. The highest BCUT2D eigenvalue weighted by molar-refractivity contribution is 6.30. The minimum atomic E-state index is -1.78. The summed E-state index contributed by atoms with van der Waals surface area (Å²) in [5.74, 6) is 0. The number of hydrogen-bond acceptors (Lipinski definition) is 6. The first-order chi connectivity index (χ1) is 9.36. The molecule has 0 saturated carbocycles. The van der Waals surface area contributed by atoms with Crippen LogP contribution in [0.2, 0.25) is 5.02 Å². The van der Waals surface area contributed by atoms with Crippen LogP contribution in [0, 0.1) is 0 Å². The molecule has 0 spiro atoms. The Hall–Kier alpha value is -0.730. The molecular weight excluding hydrogens is 288 g/mol. The van der Waals surface area contributed by atoms with Gasteiger partial charge in [-0.25, -0.2) is 0 Å². The number of rotatable bonds is 7. The fraction of sp³-hybridized carbons (Fsp3) is 0.538. The molecule has 0 aromatic heterocycles. The van der Waals surface area contributed by atoms with Crippen molar-refractivity contribution in [3.8, 4) is 0 Å². The fourth-order valence-corrected chi connectivity index (χ4v) is 1.87. The first-order valence-electron chi connectivity index (χ1n) is 6.12. The molecule has 20 heavy (non-hydrogen) atoms. The molecule has 0 heterocycles. The van der Waals surface area contributed by atoms with E-state index in [1.807, 2.05) is 0 Å². The van der Waals surface area contributed by atoms with Gasteiger partial charge in [-0.1, -0.05) is 23.7 Å². The van der Waals surface area contributed by atoms with E-state index in [4.69, 9.17) is 16.7 Å². The smallest absolute Gasteiger partial charge is 0.111 e. The van der Waals surface area contributed by atoms with Crippen molar-refractivity contribution in [1.82, 2.24) is 0 Å². The number of benzene rings is 1. The number of aliphatic hydroxyl groups is 6. The van der Waals surface area contributed by atoms with Crippen LogP contribution in [-0.2, 0) is 6.42 Å². The molecule has 6 nitrogen and oxygen atoms in total. The third kappa shape index (κ3) is 4.68. The van der Waals surface area contributed by atoms with E-state index in [1.165, 1.54) is 0 Å². The molecule has 0 amide bonds. The number of hydrogen-bond donors (Lipinski definition) is 6. The molecule has 0 aliphatic carbocycles. The predicted octanol–water partition coefficient (Wildman–Crippen LogP) is -1.32. The predicted molar refractivity (Wildman–Crippen MR) is 72.3 cm³/mol. The summed E-state index contributed by atoms with van der Waals surface area (Å²) in [4.78, 5) is 0. The van der Waals surface area contributed by atoms with Gasteiger partial charge < -0.3 is 30.6 Å². The Morgan fingerprint density at radius 2 is 1.30 bits per heavy atom. The molecule has 6 N–H and O–H groups in total. The van der Waals surface area contributed by atoms with Crippen molar-refractivity contribution in [3.63, 3.8) is 0 Å². The van der Waals surface area contributed by atoms with E-state index >= 15 is 0 Å². The molecule has 7 heteroatoms. The van der Waals surface area contributed by atoms with Crippen LogP contribution in [0.4, 0.5) is 0 Å². The Labute approximate surface area is 121 Å². The molecule has 1 rings (SSSR count). The Kier molecular flexibility index (Phi) is 6.84. The summed E-state index contributed by atoms with van der Waals surface area (Å²) in [6.45, 7) is -0.766. The van der Waals surface area contributed by atoms with Gasteiger partial charge >= 0.3 is 0 Å². The summed E-state index contributed by atoms with van der Waals surface area (Å²) in [5, 5.41) is 57.0. The molecule has 1 unspecified atom stereocenters. The summed E-state index contributed by atoms with van der Waals surface area (Å²) in [6.07, 6.45) is -8.09. The van der Waals surface area contributed by atoms with Gasteiger partial charge in [0.25, 0.3) is 0 Å². The zero-order valence-electron chi connectivity index (χ0n) is 10.7. The molecule has 0 aliphatic rings. The van der Waals surface area contributed by atoms with Gasteiger partial charge in [0.2, 0.25) is 0 Å². The van der Waals surface area contributed by atoms with Crippen molar-refractivity contribution in [2.45, 2.75) is 36.9 Å². The van der Waals surface area contributed by atoms with Crippen molar-refractivity contribution in [2.75, 3.05) is 6.61 Å². The van der Waals surface area contributed by atoms with Crippen LogP contribution in [0.25, 0.3) is 0 Å². The van der Waals surface area contributed by atoms with Gasteiger partial charge in [-0.2, -0.15) is 0 Å². The number of aliphatic hydroxyl groups excluding tert-OH is 6. The largest absolute Gasteiger partial charge is 0.394 e. The van der Waals surface area contributed by atoms with E-state index in [2.05, 4.69) is 0 Å². The van der Waals surface area contributed by atoms with Crippen LogP contribution >= 0.6 is 11.6 Å². The van der Waals surface area contributed by atoms with E-state index < -0.39 is 37.1 Å². The molecule has 0 saturated heterocycles. The first kappa shape index (κ1) is 17.3. The third-order valence-electron chi connectivity index (χ3n) is 3.03. The van der Waals surface area contributed by atoms with E-state index in [1.54, 1.807) is 24.3 Å². The molecule has 1 aromatic rings. The van der Waals surface area contributed by atoms with Crippen LogP contribution in [-0.4, -0.2) is 67.8 Å². The second-order valence-corrected chi connectivity index (χ2v) is 5.06. The summed E-state index contributed by atoms with van der Waals surface area (Å²) >= 11 is 5.72. The Morgan fingerprint density at radius 3 is 1.80 bits per heavy atom. The Balaban J connectivity index is 2.61. The maximum Gasteiger partial charge on any atom is 0.111 e. The van der Waals surface area contributed by atoms with Crippen LogP contribution in [0.15, 0.2) is 24.3 Å². The second-order valence-electron chi connectivity index (χ2n) is 4.62. The van der Waals surface area contributed by atoms with E-state index in [0.717, 1.165) is 0 Å². The number of halogens is 1. The molecule has 0 radical (unpaired) electrons. The molecular formula is C13H19ClO6. The Bertz CT molecular complexity index is 398. The minimum Gasteiger partial charge on any atom is -0.394 e. The highest BCUT2D eigenvalue weighted by Crippen LogP contribution is 2.15. The summed E-state index contributed by atoms with van der Waals surface area (Å²) in [7, 11) is 0. The average molecular weight is 307 g/mol. The van der Waals surface area contributed by atoms with Gasteiger partial charge in [0.05, 0.1) is 12.7 Å². The molecule has 0 fully saturated rings. The maximum absolute atomic E-state index is 9.82. The average Bonchev–Trinajstić information content (AvgIpc) is 2.46. The van der Waals surface area contributed by atoms with Gasteiger partial charge in [0.15, 0.2) is 0 Å². The fourth-order valence-electron chi connectivity index (χ4n) is 1.75. The summed E-state index contributed by atoms with van der Waals surface area (Å²) in [5.41, 5.74) is 0.686. The second kappa shape index (κ2) is 7.90. The van der Waals surface area contributed by atoms with E-state index in [0.29, 0.717) is 10.6 Å². The maximum atomic E-state index is 9.82. The normalized spacial score (nSPS) is 19.1. The van der Waals surface area contributed by atoms with Crippen molar-refractivity contribution in [3.05, 3.63) is 34.9 Å². The van der Waals surface area contributed by atoms with Crippen molar-refractivity contribution in [2.24, 2.45) is 0 Å². The summed E-state index contributed by atoms with van der Waals surface area (Å²) < 4.78 is 0. The Morgan fingerprint density at radius 1 is 0.800 bits per heavy atom. The topological polar surface area (TPSA) is 121 Å². The summed E-state index contributed by atoms with van der Waals surface area (Å²) in [6, 6.07) is 6.56. The molecule has 5 atom stereocenters. The molecule has 0 aliphatic heterocycles. The van der Waals surface area contributed by atoms with Crippen LogP contribution in [0.5, 0.6) is 0 Å². The van der Waals surface area contributed by atoms with Gasteiger partial charge in [0.1, 0.15) is 24.4 Å². The van der Waals surface area contributed by atoms with Crippen molar-refractivity contribution >= 4 is 11.6 Å². The first-order valence-corrected chi connectivity index (χ1v) is 6.50. The lowest BCUT2D eigenvalue weighted by molar-refractivity contribution is -0.139. The zero-order chi connectivity index (χ0) is 15.3. The van der Waals surface area contributed by atoms with Gasteiger partial charge in [0, 0.05) is 11.4 Å². The lowest BCUT2D eigenvalue weighted by Crippen LogP contribution is -2.50. The van der Waals surface area contributed by atoms with Crippen molar-refractivity contribution < 1.29 is 30.6 Å². The molecule has 114 valence electrons. The lowest BCUT2D eigenvalue weighted by Gasteiger charge is -2.28. The standard InChI is InChI=1S/C13H19ClO6/c14-8-3-1-7(2-4-8)5-9(16)11(18)13(20)12(19)10(17)6-15/h1-4,9-13,15-20H,5-6H2/t9?,10-,11+,12-,13-/m1/s1. The SMILES string of the molecule is OC[C@@H](O)[C@@H](O)[C@H](O)[C@@H](O)C(O)Cc1ccc(Cl)cc1. The highest BCUT2D eigenvalue weighted by Gasteiger charge is 2.33. The van der Waals surface area contributed by atoms with E-state index in [-0.39, 0.29) is 6.42 Å². The quantitative estimate of drug-likeness (QED) is 0.372. The van der Waals surface area contributed by atoms with Gasteiger partial charge in [-0.05, 0) is 17.7 Å². The van der Waals surface area contributed by atoms with Crippen molar-refractivity contribution in [1.29, 1.82) is 0 Å². The van der Waals surface area contributed by atoms with Crippen LogP contribution < -0.4 is 0 Å². The van der Waals surface area contributed by atoms with Crippen LogP contribution in [0.1, 0.15) is 5.56 Å². The van der Waals surface area contributed by atoms with Gasteiger partial charge in [-0.15, -0.1) is 0 Å². The monoisotopic (exact) mass is 306 g/mol. The molecule has 0 bridgehead atoms.